The predicted octanol–water partition coefficient (Wildman–Crippen LogP) is 1.85. The largest absolute Gasteiger partial charge is 0.380 e. The number of hydrogen-bond acceptors (Lipinski definition) is 2. The normalized spacial score (nSPS) is 12.9. The highest BCUT2D eigenvalue weighted by Crippen LogP contribution is 2.10. The summed E-state index contributed by atoms with van der Waals surface area (Å²) in [4.78, 5) is 0. The predicted molar refractivity (Wildman–Crippen MR) is 49.8 cm³/mol. The molecule has 0 aliphatic rings. The molecule has 0 aliphatic heterocycles. The fourth-order valence-corrected chi connectivity index (χ4v) is 1.08. The van der Waals surface area contributed by atoms with Crippen LogP contribution in [0.15, 0.2) is 24.3 Å². The highest BCUT2D eigenvalue weighted by Gasteiger charge is 1.97. The molecule has 0 radical (unpaired) electrons. The Morgan fingerprint density at radius 2 is 1.92 bits per heavy atom. The van der Waals surface area contributed by atoms with E-state index in [1.807, 2.05) is 31.2 Å². The molecular weight excluding hydrogens is 150 g/mol. The van der Waals surface area contributed by atoms with Gasteiger partial charge in [-0.15, -0.1) is 0 Å². The Labute approximate surface area is 73.3 Å². The highest BCUT2D eigenvalue weighted by molar-refractivity contribution is 5.23. The summed E-state index contributed by atoms with van der Waals surface area (Å²) < 4.78 is 5.00. The molecule has 1 atom stereocenters. The monoisotopic (exact) mass is 165 g/mol. The van der Waals surface area contributed by atoms with Crippen LogP contribution in [0.5, 0.6) is 0 Å². The van der Waals surface area contributed by atoms with Crippen LogP contribution in [0.25, 0.3) is 0 Å². The van der Waals surface area contributed by atoms with Crippen LogP contribution in [0.4, 0.5) is 0 Å². The summed E-state index contributed by atoms with van der Waals surface area (Å²) in [7, 11) is 1.69. The third kappa shape index (κ3) is 2.32. The van der Waals surface area contributed by atoms with Crippen molar-refractivity contribution in [1.82, 2.24) is 0 Å². The van der Waals surface area contributed by atoms with E-state index in [2.05, 4.69) is 0 Å². The maximum absolute atomic E-state index is 5.71. The van der Waals surface area contributed by atoms with Crippen molar-refractivity contribution in [2.75, 3.05) is 7.11 Å². The lowest BCUT2D eigenvalue weighted by atomic mass is 10.1. The van der Waals surface area contributed by atoms with Gasteiger partial charge < -0.3 is 10.5 Å². The summed E-state index contributed by atoms with van der Waals surface area (Å²) in [6, 6.07) is 8.28. The zero-order valence-electron chi connectivity index (χ0n) is 7.58. The van der Waals surface area contributed by atoms with Gasteiger partial charge in [-0.2, -0.15) is 0 Å². The Morgan fingerprint density at radius 1 is 1.33 bits per heavy atom. The Kier molecular flexibility index (Phi) is 3.26. The molecule has 2 nitrogen and oxygen atoms in total. The van der Waals surface area contributed by atoms with E-state index in [0.717, 1.165) is 5.56 Å². The first-order chi connectivity index (χ1) is 5.74. The minimum absolute atomic E-state index is 0.113. The van der Waals surface area contributed by atoms with Crippen LogP contribution in [0.2, 0.25) is 0 Å². The number of hydrogen-bond donors (Lipinski definition) is 1. The first kappa shape index (κ1) is 9.23. The highest BCUT2D eigenvalue weighted by atomic mass is 16.5. The van der Waals surface area contributed by atoms with Crippen molar-refractivity contribution in [3.63, 3.8) is 0 Å². The Balaban J connectivity index is 2.71. The number of methoxy groups -OCH3 is 1. The fraction of sp³-hybridized carbons (Fsp3) is 0.400. The molecule has 2 N–H and O–H groups in total. The molecule has 0 heterocycles. The lowest BCUT2D eigenvalue weighted by Gasteiger charge is -2.05. The molecule has 0 saturated carbocycles. The third-order valence-corrected chi connectivity index (χ3v) is 1.82. The van der Waals surface area contributed by atoms with Crippen LogP contribution >= 0.6 is 0 Å². The average molecular weight is 165 g/mol. The van der Waals surface area contributed by atoms with E-state index in [0.29, 0.717) is 6.61 Å². The summed E-state index contributed by atoms with van der Waals surface area (Å²) >= 11 is 0. The summed E-state index contributed by atoms with van der Waals surface area (Å²) in [5.74, 6) is 0. The molecule has 1 rings (SSSR count). The van der Waals surface area contributed by atoms with Crippen molar-refractivity contribution >= 4 is 0 Å². The maximum atomic E-state index is 5.71. The Bertz CT molecular complexity index is 228. The van der Waals surface area contributed by atoms with Gasteiger partial charge in [-0.1, -0.05) is 24.3 Å². The van der Waals surface area contributed by atoms with Crippen molar-refractivity contribution < 1.29 is 4.74 Å². The van der Waals surface area contributed by atoms with Crippen LogP contribution in [0, 0.1) is 0 Å². The van der Waals surface area contributed by atoms with Crippen molar-refractivity contribution in [3.05, 3.63) is 35.4 Å². The van der Waals surface area contributed by atoms with Gasteiger partial charge in [0.2, 0.25) is 0 Å². The summed E-state index contributed by atoms with van der Waals surface area (Å²) in [5.41, 5.74) is 8.05. The van der Waals surface area contributed by atoms with E-state index in [9.17, 15) is 0 Å². The van der Waals surface area contributed by atoms with Crippen LogP contribution < -0.4 is 5.73 Å². The van der Waals surface area contributed by atoms with Gasteiger partial charge in [0.15, 0.2) is 0 Å². The molecule has 1 aromatic carbocycles. The van der Waals surface area contributed by atoms with Crippen LogP contribution in [0.3, 0.4) is 0 Å². The van der Waals surface area contributed by atoms with Gasteiger partial charge in [0.05, 0.1) is 6.61 Å². The van der Waals surface area contributed by atoms with Crippen molar-refractivity contribution in [2.45, 2.75) is 19.6 Å². The first-order valence-electron chi connectivity index (χ1n) is 4.07. The maximum Gasteiger partial charge on any atom is 0.0713 e. The van der Waals surface area contributed by atoms with E-state index in [1.54, 1.807) is 7.11 Å². The van der Waals surface area contributed by atoms with E-state index in [-0.39, 0.29) is 6.04 Å². The summed E-state index contributed by atoms with van der Waals surface area (Å²) in [6.45, 7) is 2.64. The zero-order valence-corrected chi connectivity index (χ0v) is 7.58. The first-order valence-corrected chi connectivity index (χ1v) is 4.07. The molecule has 12 heavy (non-hydrogen) atoms. The topological polar surface area (TPSA) is 35.2 Å². The van der Waals surface area contributed by atoms with Gasteiger partial charge in [0.25, 0.3) is 0 Å². The molecular formula is C10H15NO. The van der Waals surface area contributed by atoms with E-state index < -0.39 is 0 Å². The summed E-state index contributed by atoms with van der Waals surface area (Å²) in [5, 5.41) is 0. The lowest BCUT2D eigenvalue weighted by Crippen LogP contribution is -2.04. The average Bonchev–Trinajstić information content (AvgIpc) is 2.06. The molecule has 0 aromatic heterocycles. The standard InChI is InChI=1S/C10H15NO/c1-8(11)10-5-3-9(4-6-10)7-12-2/h3-6,8H,7,11H2,1-2H3. The second-order valence-corrected chi connectivity index (χ2v) is 2.96. The van der Waals surface area contributed by atoms with Gasteiger partial charge in [0.1, 0.15) is 0 Å². The Morgan fingerprint density at radius 3 is 2.33 bits per heavy atom. The van der Waals surface area contributed by atoms with Gasteiger partial charge in [0, 0.05) is 13.2 Å². The number of rotatable bonds is 3. The molecule has 0 bridgehead atoms. The van der Waals surface area contributed by atoms with E-state index >= 15 is 0 Å². The van der Waals surface area contributed by atoms with Crippen LogP contribution in [-0.4, -0.2) is 7.11 Å². The second-order valence-electron chi connectivity index (χ2n) is 2.96. The zero-order chi connectivity index (χ0) is 8.97. The Hall–Kier alpha value is -0.860. The smallest absolute Gasteiger partial charge is 0.0713 e. The number of benzene rings is 1. The molecule has 66 valence electrons. The molecule has 2 heteroatoms. The minimum atomic E-state index is 0.113. The number of nitrogens with two attached hydrogens (primary N) is 1. The molecule has 1 unspecified atom stereocenters. The van der Waals surface area contributed by atoms with Gasteiger partial charge in [-0.3, -0.25) is 0 Å². The molecule has 0 saturated heterocycles. The third-order valence-electron chi connectivity index (χ3n) is 1.82. The molecule has 0 spiro atoms. The van der Waals surface area contributed by atoms with E-state index in [4.69, 9.17) is 10.5 Å². The molecule has 0 fully saturated rings. The van der Waals surface area contributed by atoms with Gasteiger partial charge in [-0.05, 0) is 18.1 Å². The molecule has 0 aliphatic carbocycles. The van der Waals surface area contributed by atoms with Crippen molar-refractivity contribution in [3.8, 4) is 0 Å². The number of ether oxygens (including phenoxy) is 1. The van der Waals surface area contributed by atoms with Crippen LogP contribution in [0.1, 0.15) is 24.1 Å². The van der Waals surface area contributed by atoms with Crippen LogP contribution in [-0.2, 0) is 11.3 Å². The SMILES string of the molecule is COCc1ccc(C(C)N)cc1. The van der Waals surface area contributed by atoms with Gasteiger partial charge in [-0.25, -0.2) is 0 Å². The van der Waals surface area contributed by atoms with Crippen molar-refractivity contribution in [2.24, 2.45) is 5.73 Å². The molecule has 0 amide bonds. The lowest BCUT2D eigenvalue weighted by molar-refractivity contribution is 0.185. The summed E-state index contributed by atoms with van der Waals surface area (Å²) in [6.07, 6.45) is 0. The quantitative estimate of drug-likeness (QED) is 0.741. The minimum Gasteiger partial charge on any atom is -0.380 e. The second kappa shape index (κ2) is 4.24. The molecule has 1 aromatic rings. The van der Waals surface area contributed by atoms with E-state index in [1.165, 1.54) is 5.56 Å². The fourth-order valence-electron chi connectivity index (χ4n) is 1.08. The van der Waals surface area contributed by atoms with Gasteiger partial charge >= 0.3 is 0 Å². The van der Waals surface area contributed by atoms with Crippen molar-refractivity contribution in [1.29, 1.82) is 0 Å².